The highest BCUT2D eigenvalue weighted by Crippen LogP contribution is 2.27. The third-order valence-corrected chi connectivity index (χ3v) is 4.09. The molecule has 19 heavy (non-hydrogen) atoms. The number of carbonyl (C=O) groups is 1. The number of rotatable bonds is 2. The van der Waals surface area contributed by atoms with Crippen molar-refractivity contribution < 1.29 is 4.79 Å². The second kappa shape index (κ2) is 4.70. The van der Waals surface area contributed by atoms with E-state index in [4.69, 9.17) is 5.73 Å². The number of nitrogens with zero attached hydrogens (tertiary/aromatic N) is 2. The van der Waals surface area contributed by atoms with Crippen LogP contribution in [0.25, 0.3) is 10.9 Å². The van der Waals surface area contributed by atoms with Crippen molar-refractivity contribution in [2.75, 3.05) is 20.1 Å². The summed E-state index contributed by atoms with van der Waals surface area (Å²) >= 11 is 0. The first kappa shape index (κ1) is 12.2. The van der Waals surface area contributed by atoms with Gasteiger partial charge in [0, 0.05) is 23.3 Å². The third kappa shape index (κ3) is 2.24. The van der Waals surface area contributed by atoms with Gasteiger partial charge in [0.2, 0.25) is 5.91 Å². The number of piperidine rings is 1. The van der Waals surface area contributed by atoms with Gasteiger partial charge in [-0.25, -0.2) is 0 Å². The van der Waals surface area contributed by atoms with Gasteiger partial charge in [-0.2, -0.15) is 0 Å². The van der Waals surface area contributed by atoms with E-state index in [1.807, 2.05) is 12.1 Å². The van der Waals surface area contributed by atoms with Gasteiger partial charge >= 0.3 is 0 Å². The molecule has 3 rings (SSSR count). The average Bonchev–Trinajstić information content (AvgIpc) is 2.82. The van der Waals surface area contributed by atoms with E-state index in [2.05, 4.69) is 28.8 Å². The Hall–Kier alpha value is -1.81. The number of primary amides is 1. The van der Waals surface area contributed by atoms with Crippen LogP contribution in [-0.2, 0) is 0 Å². The smallest absolute Gasteiger partial charge is 0.248 e. The first-order chi connectivity index (χ1) is 9.15. The molecule has 1 aromatic carbocycles. The first-order valence-corrected chi connectivity index (χ1v) is 6.74. The minimum atomic E-state index is -0.363. The second-order valence-electron chi connectivity index (χ2n) is 5.40. The molecule has 0 aliphatic carbocycles. The van der Waals surface area contributed by atoms with Crippen LogP contribution in [0.4, 0.5) is 0 Å². The van der Waals surface area contributed by atoms with Crippen LogP contribution in [-0.4, -0.2) is 35.5 Å². The highest BCUT2D eigenvalue weighted by atomic mass is 16.1. The summed E-state index contributed by atoms with van der Waals surface area (Å²) in [4.78, 5) is 13.7. The van der Waals surface area contributed by atoms with Gasteiger partial charge in [-0.3, -0.25) is 4.79 Å². The van der Waals surface area contributed by atoms with Crippen LogP contribution in [0.15, 0.2) is 30.5 Å². The van der Waals surface area contributed by atoms with Gasteiger partial charge in [-0.15, -0.1) is 0 Å². The molecule has 2 aromatic rings. The van der Waals surface area contributed by atoms with Crippen molar-refractivity contribution in [2.45, 2.75) is 18.9 Å². The van der Waals surface area contributed by atoms with Crippen molar-refractivity contribution in [3.8, 4) is 0 Å². The lowest BCUT2D eigenvalue weighted by Crippen LogP contribution is -2.31. The summed E-state index contributed by atoms with van der Waals surface area (Å²) in [7, 11) is 2.16. The SMILES string of the molecule is CN1CCC(n2ccc3ccc(C(N)=O)cc32)CC1. The second-order valence-corrected chi connectivity index (χ2v) is 5.40. The maximum Gasteiger partial charge on any atom is 0.248 e. The predicted octanol–water partition coefficient (Wildman–Crippen LogP) is 2.01. The van der Waals surface area contributed by atoms with Crippen LogP contribution < -0.4 is 5.73 Å². The van der Waals surface area contributed by atoms with Crippen LogP contribution in [0, 0.1) is 0 Å². The molecule has 1 aromatic heterocycles. The zero-order valence-corrected chi connectivity index (χ0v) is 11.2. The molecule has 0 radical (unpaired) electrons. The molecule has 1 saturated heterocycles. The average molecular weight is 257 g/mol. The number of hydrogen-bond acceptors (Lipinski definition) is 2. The number of nitrogens with two attached hydrogens (primary N) is 1. The fraction of sp³-hybridized carbons (Fsp3) is 0.400. The summed E-state index contributed by atoms with van der Waals surface area (Å²) in [6.07, 6.45) is 4.44. The molecular weight excluding hydrogens is 238 g/mol. The minimum Gasteiger partial charge on any atom is -0.366 e. The van der Waals surface area contributed by atoms with Crippen LogP contribution in [0.5, 0.6) is 0 Å². The zero-order chi connectivity index (χ0) is 13.4. The van der Waals surface area contributed by atoms with E-state index < -0.39 is 0 Å². The number of amides is 1. The molecule has 4 heteroatoms. The summed E-state index contributed by atoms with van der Waals surface area (Å²) in [5.74, 6) is -0.363. The highest BCUT2D eigenvalue weighted by molar-refractivity contribution is 5.97. The van der Waals surface area contributed by atoms with Crippen molar-refractivity contribution in [3.05, 3.63) is 36.0 Å². The normalized spacial score (nSPS) is 17.9. The molecule has 4 nitrogen and oxygen atoms in total. The Morgan fingerprint density at radius 2 is 2.00 bits per heavy atom. The lowest BCUT2D eigenvalue weighted by atomic mass is 10.0. The lowest BCUT2D eigenvalue weighted by Gasteiger charge is -2.30. The number of aromatic nitrogens is 1. The maximum absolute atomic E-state index is 11.3. The Morgan fingerprint density at radius 3 is 2.68 bits per heavy atom. The fourth-order valence-corrected chi connectivity index (χ4v) is 2.89. The van der Waals surface area contributed by atoms with Gasteiger partial charge in [-0.05, 0) is 56.6 Å². The van der Waals surface area contributed by atoms with Crippen molar-refractivity contribution in [2.24, 2.45) is 5.73 Å². The van der Waals surface area contributed by atoms with Gasteiger partial charge in [0.05, 0.1) is 0 Å². The van der Waals surface area contributed by atoms with Crippen LogP contribution in [0.2, 0.25) is 0 Å². The molecule has 1 aliphatic rings. The molecule has 1 fully saturated rings. The van der Waals surface area contributed by atoms with E-state index in [1.54, 1.807) is 6.07 Å². The Labute approximate surface area is 112 Å². The number of carbonyl (C=O) groups excluding carboxylic acids is 1. The zero-order valence-electron chi connectivity index (χ0n) is 11.2. The molecule has 0 unspecified atom stereocenters. The molecule has 0 saturated carbocycles. The largest absolute Gasteiger partial charge is 0.366 e. The van der Waals surface area contributed by atoms with E-state index in [0.29, 0.717) is 11.6 Å². The molecular formula is C15H19N3O. The molecule has 2 N–H and O–H groups in total. The molecule has 1 aliphatic heterocycles. The quantitative estimate of drug-likeness (QED) is 0.894. The van der Waals surface area contributed by atoms with Crippen LogP contribution >= 0.6 is 0 Å². The Balaban J connectivity index is 1.99. The number of hydrogen-bond donors (Lipinski definition) is 1. The Morgan fingerprint density at radius 1 is 1.26 bits per heavy atom. The molecule has 0 atom stereocenters. The van der Waals surface area contributed by atoms with Gasteiger partial charge in [0.1, 0.15) is 0 Å². The first-order valence-electron chi connectivity index (χ1n) is 6.74. The molecule has 0 spiro atoms. The molecule has 0 bridgehead atoms. The van der Waals surface area contributed by atoms with E-state index >= 15 is 0 Å². The number of likely N-dealkylation sites (tertiary alicyclic amines) is 1. The summed E-state index contributed by atoms with van der Waals surface area (Å²) in [6.45, 7) is 2.25. The molecule has 1 amide bonds. The van der Waals surface area contributed by atoms with Gasteiger partial charge in [0.25, 0.3) is 0 Å². The van der Waals surface area contributed by atoms with Gasteiger partial charge in [0.15, 0.2) is 0 Å². The standard InChI is InChI=1S/C15H19N3O/c1-17-7-5-13(6-8-17)18-9-4-11-2-3-12(15(16)19)10-14(11)18/h2-4,9-10,13H,5-8H2,1H3,(H2,16,19). The van der Waals surface area contributed by atoms with E-state index in [1.165, 1.54) is 5.39 Å². The van der Waals surface area contributed by atoms with Crippen molar-refractivity contribution in [1.29, 1.82) is 0 Å². The monoisotopic (exact) mass is 257 g/mol. The van der Waals surface area contributed by atoms with Crippen molar-refractivity contribution >= 4 is 16.8 Å². The van der Waals surface area contributed by atoms with Gasteiger partial charge < -0.3 is 15.2 Å². The topological polar surface area (TPSA) is 51.3 Å². The van der Waals surface area contributed by atoms with Crippen molar-refractivity contribution in [1.82, 2.24) is 9.47 Å². The third-order valence-electron chi connectivity index (χ3n) is 4.09. The number of fused-ring (bicyclic) bond motifs is 1. The maximum atomic E-state index is 11.3. The minimum absolute atomic E-state index is 0.363. The summed E-state index contributed by atoms with van der Waals surface area (Å²) in [6, 6.07) is 8.32. The van der Waals surface area contributed by atoms with E-state index in [-0.39, 0.29) is 5.91 Å². The summed E-state index contributed by atoms with van der Waals surface area (Å²) in [5, 5.41) is 1.17. The number of benzene rings is 1. The van der Waals surface area contributed by atoms with E-state index in [0.717, 1.165) is 31.4 Å². The fourth-order valence-electron chi connectivity index (χ4n) is 2.89. The lowest BCUT2D eigenvalue weighted by molar-refractivity contribution is 0.100. The Bertz CT molecular complexity index is 609. The molecule has 100 valence electrons. The molecule has 2 heterocycles. The van der Waals surface area contributed by atoms with Gasteiger partial charge in [-0.1, -0.05) is 6.07 Å². The highest BCUT2D eigenvalue weighted by Gasteiger charge is 2.19. The van der Waals surface area contributed by atoms with Crippen molar-refractivity contribution in [3.63, 3.8) is 0 Å². The van der Waals surface area contributed by atoms with Crippen LogP contribution in [0.1, 0.15) is 29.2 Å². The predicted molar refractivity (Wildman–Crippen MR) is 76.2 cm³/mol. The van der Waals surface area contributed by atoms with E-state index in [9.17, 15) is 4.79 Å². The van der Waals surface area contributed by atoms with Crippen LogP contribution in [0.3, 0.4) is 0 Å². The summed E-state index contributed by atoms with van der Waals surface area (Å²) < 4.78 is 2.30. The summed E-state index contributed by atoms with van der Waals surface area (Å²) in [5.41, 5.74) is 7.07. The Kier molecular flexibility index (Phi) is 3.03.